The van der Waals surface area contributed by atoms with Crippen molar-refractivity contribution in [3.8, 4) is 0 Å². The molecule has 110 valence electrons. The van der Waals surface area contributed by atoms with E-state index >= 15 is 0 Å². The maximum absolute atomic E-state index is 11.2. The summed E-state index contributed by atoms with van der Waals surface area (Å²) in [5, 5.41) is 29.4. The average molecular weight is 281 g/mol. The molecule has 0 aliphatic carbocycles. The zero-order valence-electron chi connectivity index (χ0n) is 10.9. The molecule has 0 unspecified atom stereocenters. The fourth-order valence-electron chi connectivity index (χ4n) is 1.89. The number of aromatic nitrogens is 1. The third kappa shape index (κ3) is 5.33. The number of hydrogen-bond donors (Lipinski definition) is 3. The minimum absolute atomic E-state index is 0.0645. The Bertz CT molecular complexity index is 478. The molecule has 1 aromatic heterocycles. The van der Waals surface area contributed by atoms with Crippen LogP contribution in [0.5, 0.6) is 0 Å². The standard InChI is InChI=1S/C13H18N2O5/c14-13(20)11-7-15-4-3-8(11)1-2-9(16)5-10(17)6-12(18)19/h3-4,7,9-10,16-17H,1-2,5-6H2,(H2,14,20)(H,18,19)/p-1/t9-,10+/m0/s1. The Balaban J connectivity index is 2.51. The van der Waals surface area contributed by atoms with Crippen LogP contribution in [0.2, 0.25) is 0 Å². The van der Waals surface area contributed by atoms with Crippen molar-refractivity contribution >= 4 is 11.9 Å². The highest BCUT2D eigenvalue weighted by Crippen LogP contribution is 2.13. The highest BCUT2D eigenvalue weighted by atomic mass is 16.4. The van der Waals surface area contributed by atoms with Crippen molar-refractivity contribution < 1.29 is 24.9 Å². The number of aliphatic hydroxyl groups excluding tert-OH is 2. The number of aliphatic carboxylic acids is 1. The minimum atomic E-state index is -1.37. The summed E-state index contributed by atoms with van der Waals surface area (Å²) < 4.78 is 0. The van der Waals surface area contributed by atoms with Crippen molar-refractivity contribution in [1.29, 1.82) is 0 Å². The predicted octanol–water partition coefficient (Wildman–Crippen LogP) is -1.63. The van der Waals surface area contributed by atoms with Crippen LogP contribution in [0, 0.1) is 0 Å². The number of carbonyl (C=O) groups excluding carboxylic acids is 2. The lowest BCUT2D eigenvalue weighted by Gasteiger charge is -2.16. The van der Waals surface area contributed by atoms with Gasteiger partial charge in [0.25, 0.3) is 5.91 Å². The molecule has 1 amide bonds. The smallest absolute Gasteiger partial charge is 0.250 e. The van der Waals surface area contributed by atoms with E-state index in [1.54, 1.807) is 6.07 Å². The third-order valence-electron chi connectivity index (χ3n) is 2.87. The van der Waals surface area contributed by atoms with E-state index in [4.69, 9.17) is 5.73 Å². The van der Waals surface area contributed by atoms with Crippen molar-refractivity contribution in [2.24, 2.45) is 5.73 Å². The number of amides is 1. The molecule has 0 aromatic carbocycles. The molecular weight excluding hydrogens is 264 g/mol. The first kappa shape index (κ1) is 16.1. The molecule has 0 bridgehead atoms. The monoisotopic (exact) mass is 281 g/mol. The molecule has 0 saturated carbocycles. The number of carboxylic acids is 1. The Hall–Kier alpha value is -1.99. The van der Waals surface area contributed by atoms with Gasteiger partial charge in [0, 0.05) is 24.8 Å². The lowest BCUT2D eigenvalue weighted by molar-refractivity contribution is -0.307. The van der Waals surface area contributed by atoms with Crippen LogP contribution in [0.1, 0.15) is 35.2 Å². The second-order valence-corrected chi connectivity index (χ2v) is 4.56. The van der Waals surface area contributed by atoms with Crippen molar-refractivity contribution in [2.45, 2.75) is 37.9 Å². The maximum Gasteiger partial charge on any atom is 0.250 e. The van der Waals surface area contributed by atoms with Gasteiger partial charge in [-0.15, -0.1) is 0 Å². The summed E-state index contributed by atoms with van der Waals surface area (Å²) in [4.78, 5) is 25.3. The summed E-state index contributed by atoms with van der Waals surface area (Å²) in [5.74, 6) is -1.96. The van der Waals surface area contributed by atoms with Gasteiger partial charge in [-0.05, 0) is 30.9 Å². The van der Waals surface area contributed by atoms with Gasteiger partial charge >= 0.3 is 0 Å². The molecule has 0 aliphatic heterocycles. The Morgan fingerprint density at radius 1 is 1.35 bits per heavy atom. The van der Waals surface area contributed by atoms with E-state index in [2.05, 4.69) is 4.98 Å². The second-order valence-electron chi connectivity index (χ2n) is 4.56. The van der Waals surface area contributed by atoms with E-state index in [0.717, 1.165) is 0 Å². The molecule has 0 spiro atoms. The number of nitrogens with zero attached hydrogens (tertiary/aromatic N) is 1. The molecule has 1 heterocycles. The zero-order chi connectivity index (χ0) is 15.1. The Morgan fingerprint density at radius 3 is 2.65 bits per heavy atom. The summed E-state index contributed by atoms with van der Waals surface area (Å²) in [6.07, 6.45) is 0.910. The Kier molecular flexibility index (Phi) is 6.08. The van der Waals surface area contributed by atoms with Crippen LogP contribution in [0.25, 0.3) is 0 Å². The number of aliphatic hydroxyl groups is 2. The minimum Gasteiger partial charge on any atom is -0.550 e. The van der Waals surface area contributed by atoms with E-state index in [9.17, 15) is 24.9 Å². The summed E-state index contributed by atoms with van der Waals surface area (Å²) in [7, 11) is 0. The largest absolute Gasteiger partial charge is 0.550 e. The highest BCUT2D eigenvalue weighted by molar-refractivity contribution is 5.93. The molecule has 7 heteroatoms. The molecule has 2 atom stereocenters. The van der Waals surface area contributed by atoms with E-state index in [1.807, 2.05) is 0 Å². The topological polar surface area (TPSA) is 137 Å². The second kappa shape index (κ2) is 7.56. The van der Waals surface area contributed by atoms with Crippen molar-refractivity contribution in [3.05, 3.63) is 29.6 Å². The van der Waals surface area contributed by atoms with Gasteiger partial charge in [0.15, 0.2) is 0 Å². The predicted molar refractivity (Wildman–Crippen MR) is 67.3 cm³/mol. The maximum atomic E-state index is 11.2. The SMILES string of the molecule is NC(=O)c1cnccc1CC[C@H](O)C[C@@H](O)CC(=O)[O-]. The van der Waals surface area contributed by atoms with Crippen LogP contribution in [0.3, 0.4) is 0 Å². The van der Waals surface area contributed by atoms with Gasteiger partial charge in [-0.2, -0.15) is 0 Å². The lowest BCUT2D eigenvalue weighted by atomic mass is 9.99. The highest BCUT2D eigenvalue weighted by Gasteiger charge is 2.14. The summed E-state index contributed by atoms with van der Waals surface area (Å²) >= 11 is 0. The molecule has 4 N–H and O–H groups in total. The van der Waals surface area contributed by atoms with Crippen LogP contribution in [-0.2, 0) is 11.2 Å². The van der Waals surface area contributed by atoms with Crippen LogP contribution in [0.4, 0.5) is 0 Å². The van der Waals surface area contributed by atoms with Gasteiger partial charge in [0.2, 0.25) is 0 Å². The number of carboxylic acid groups (broad SMARTS) is 1. The number of carbonyl (C=O) groups is 2. The first-order valence-electron chi connectivity index (χ1n) is 6.18. The van der Waals surface area contributed by atoms with Crippen molar-refractivity contribution in [3.63, 3.8) is 0 Å². The van der Waals surface area contributed by atoms with E-state index in [0.29, 0.717) is 12.0 Å². The summed E-state index contributed by atoms with van der Waals surface area (Å²) in [6.45, 7) is 0. The van der Waals surface area contributed by atoms with Crippen LogP contribution >= 0.6 is 0 Å². The molecule has 0 fully saturated rings. The first-order chi connectivity index (χ1) is 9.40. The van der Waals surface area contributed by atoms with Gasteiger partial charge in [-0.3, -0.25) is 9.78 Å². The van der Waals surface area contributed by atoms with Gasteiger partial charge in [-0.25, -0.2) is 0 Å². The zero-order valence-corrected chi connectivity index (χ0v) is 10.9. The van der Waals surface area contributed by atoms with Gasteiger partial charge < -0.3 is 25.8 Å². The summed E-state index contributed by atoms with van der Waals surface area (Å²) in [6, 6.07) is 1.63. The summed E-state index contributed by atoms with van der Waals surface area (Å²) in [5.41, 5.74) is 6.14. The number of hydrogen-bond acceptors (Lipinski definition) is 6. The number of rotatable bonds is 8. The van der Waals surface area contributed by atoms with Gasteiger partial charge in [0.05, 0.1) is 17.8 Å². The fourth-order valence-corrected chi connectivity index (χ4v) is 1.89. The normalized spacial score (nSPS) is 13.7. The number of pyridine rings is 1. The van der Waals surface area contributed by atoms with E-state index < -0.39 is 30.5 Å². The van der Waals surface area contributed by atoms with Gasteiger partial charge in [-0.1, -0.05) is 0 Å². The third-order valence-corrected chi connectivity index (χ3v) is 2.87. The van der Waals surface area contributed by atoms with E-state index in [1.165, 1.54) is 12.4 Å². The number of nitrogens with two attached hydrogens (primary N) is 1. The number of primary amides is 1. The lowest BCUT2D eigenvalue weighted by Crippen LogP contribution is -2.29. The van der Waals surface area contributed by atoms with Gasteiger partial charge in [0.1, 0.15) is 0 Å². The molecule has 0 radical (unpaired) electrons. The average Bonchev–Trinajstić information content (AvgIpc) is 2.35. The quantitative estimate of drug-likeness (QED) is 0.523. The molecule has 20 heavy (non-hydrogen) atoms. The molecular formula is C13H17N2O5-. The Morgan fingerprint density at radius 2 is 2.05 bits per heavy atom. The Labute approximate surface area is 116 Å². The molecule has 0 saturated heterocycles. The van der Waals surface area contributed by atoms with Crippen LogP contribution in [-0.4, -0.2) is 39.3 Å². The molecule has 1 rings (SSSR count). The molecule has 1 aromatic rings. The fraction of sp³-hybridized carbons (Fsp3) is 0.462. The van der Waals surface area contributed by atoms with E-state index in [-0.39, 0.29) is 18.4 Å². The van der Waals surface area contributed by atoms with Crippen molar-refractivity contribution in [1.82, 2.24) is 4.98 Å². The first-order valence-corrected chi connectivity index (χ1v) is 6.18. The molecule has 0 aliphatic rings. The number of aryl methyl sites for hydroxylation is 1. The van der Waals surface area contributed by atoms with Crippen LogP contribution < -0.4 is 10.8 Å². The molecule has 7 nitrogen and oxygen atoms in total. The van der Waals surface area contributed by atoms with Crippen molar-refractivity contribution in [2.75, 3.05) is 0 Å². The van der Waals surface area contributed by atoms with Crippen LogP contribution in [0.15, 0.2) is 18.5 Å².